The fourth-order valence-corrected chi connectivity index (χ4v) is 4.87. The van der Waals surface area contributed by atoms with Crippen LogP contribution in [0.15, 0.2) is 78.9 Å². The SMILES string of the molecule is COc1ccc2[nH]c(C(=O)N3CC(=O)N(Cc4cccc(OC(F)(F)F)c4)[C@@H](Cc4ccccc4)C3)cc2c1. The summed E-state index contributed by atoms with van der Waals surface area (Å²) in [6.07, 6.45) is -4.34. The van der Waals surface area contributed by atoms with Gasteiger partial charge in [0.2, 0.25) is 5.91 Å². The van der Waals surface area contributed by atoms with Crippen LogP contribution in [0.4, 0.5) is 13.2 Å². The van der Waals surface area contributed by atoms with Gasteiger partial charge in [0.1, 0.15) is 23.7 Å². The van der Waals surface area contributed by atoms with Gasteiger partial charge in [0.05, 0.1) is 13.2 Å². The van der Waals surface area contributed by atoms with E-state index in [0.29, 0.717) is 23.4 Å². The molecular weight excluding hydrogens is 511 g/mol. The first-order chi connectivity index (χ1) is 18.7. The van der Waals surface area contributed by atoms with E-state index >= 15 is 0 Å². The molecule has 2 amide bonds. The van der Waals surface area contributed by atoms with Crippen LogP contribution in [0.1, 0.15) is 21.6 Å². The summed E-state index contributed by atoms with van der Waals surface area (Å²) < 4.78 is 47.5. The first-order valence-corrected chi connectivity index (χ1v) is 12.3. The summed E-state index contributed by atoms with van der Waals surface area (Å²) in [5.41, 5.74) is 2.59. The third-order valence-electron chi connectivity index (χ3n) is 6.66. The number of alkyl halides is 3. The lowest BCUT2D eigenvalue weighted by molar-refractivity contribution is -0.274. The topological polar surface area (TPSA) is 74.9 Å². The van der Waals surface area contributed by atoms with Gasteiger partial charge in [-0.3, -0.25) is 9.59 Å². The van der Waals surface area contributed by atoms with Crippen molar-refractivity contribution in [3.8, 4) is 11.5 Å². The van der Waals surface area contributed by atoms with Crippen LogP contribution in [0.2, 0.25) is 0 Å². The van der Waals surface area contributed by atoms with Crippen molar-refractivity contribution < 1.29 is 32.2 Å². The minimum Gasteiger partial charge on any atom is -0.497 e. The van der Waals surface area contributed by atoms with Gasteiger partial charge in [0, 0.05) is 24.0 Å². The van der Waals surface area contributed by atoms with Crippen LogP contribution in [0.25, 0.3) is 10.9 Å². The summed E-state index contributed by atoms with van der Waals surface area (Å²) in [4.78, 5) is 33.1. The third kappa shape index (κ3) is 6.17. The molecule has 1 saturated heterocycles. The first kappa shape index (κ1) is 26.1. The number of halogens is 3. The van der Waals surface area contributed by atoms with Gasteiger partial charge in [-0.25, -0.2) is 0 Å². The molecule has 0 radical (unpaired) electrons. The largest absolute Gasteiger partial charge is 0.573 e. The van der Waals surface area contributed by atoms with E-state index < -0.39 is 12.4 Å². The molecule has 7 nitrogen and oxygen atoms in total. The molecule has 1 atom stereocenters. The van der Waals surface area contributed by atoms with Crippen LogP contribution < -0.4 is 9.47 Å². The third-order valence-corrected chi connectivity index (χ3v) is 6.66. The lowest BCUT2D eigenvalue weighted by Gasteiger charge is -2.41. The van der Waals surface area contributed by atoms with E-state index in [9.17, 15) is 22.8 Å². The molecule has 1 aliphatic heterocycles. The molecule has 0 spiro atoms. The highest BCUT2D eigenvalue weighted by atomic mass is 19.4. The van der Waals surface area contributed by atoms with Gasteiger partial charge < -0.3 is 24.3 Å². The predicted molar refractivity (Wildman–Crippen MR) is 138 cm³/mol. The van der Waals surface area contributed by atoms with E-state index in [-0.39, 0.29) is 37.2 Å². The summed E-state index contributed by atoms with van der Waals surface area (Å²) in [7, 11) is 1.57. The van der Waals surface area contributed by atoms with Crippen molar-refractivity contribution in [1.29, 1.82) is 0 Å². The quantitative estimate of drug-likeness (QED) is 0.353. The van der Waals surface area contributed by atoms with E-state index in [1.807, 2.05) is 42.5 Å². The number of carbonyl (C=O) groups excluding carboxylic acids is 2. The minimum absolute atomic E-state index is 0.0829. The molecule has 1 N–H and O–H groups in total. The molecule has 1 fully saturated rings. The number of nitrogens with zero attached hydrogens (tertiary/aromatic N) is 2. The Labute approximate surface area is 222 Å². The zero-order valence-corrected chi connectivity index (χ0v) is 21.1. The lowest BCUT2D eigenvalue weighted by atomic mass is 10.0. The molecule has 0 aliphatic carbocycles. The average molecular weight is 538 g/mol. The maximum atomic E-state index is 13.5. The number of piperazine rings is 1. The van der Waals surface area contributed by atoms with Crippen LogP contribution in [0.5, 0.6) is 11.5 Å². The second-order valence-corrected chi connectivity index (χ2v) is 9.38. The number of ether oxygens (including phenoxy) is 2. The normalized spacial score (nSPS) is 16.0. The maximum absolute atomic E-state index is 13.5. The van der Waals surface area contributed by atoms with E-state index in [1.54, 1.807) is 30.2 Å². The smallest absolute Gasteiger partial charge is 0.497 e. The summed E-state index contributed by atoms with van der Waals surface area (Å²) in [5, 5.41) is 0.810. The van der Waals surface area contributed by atoms with Crippen molar-refractivity contribution in [3.63, 3.8) is 0 Å². The number of amides is 2. The van der Waals surface area contributed by atoms with Crippen molar-refractivity contribution in [3.05, 3.63) is 95.7 Å². The maximum Gasteiger partial charge on any atom is 0.573 e. The van der Waals surface area contributed by atoms with Crippen molar-refractivity contribution in [1.82, 2.24) is 14.8 Å². The fraction of sp³-hybridized carbons (Fsp3) is 0.241. The van der Waals surface area contributed by atoms with Gasteiger partial charge in [0.25, 0.3) is 5.91 Å². The molecule has 0 saturated carbocycles. The van der Waals surface area contributed by atoms with Gasteiger partial charge in [-0.1, -0.05) is 42.5 Å². The molecule has 5 rings (SSSR count). The molecule has 0 unspecified atom stereocenters. The number of fused-ring (bicyclic) bond motifs is 1. The van der Waals surface area contributed by atoms with E-state index in [4.69, 9.17) is 4.74 Å². The summed E-state index contributed by atoms with van der Waals surface area (Å²) in [6, 6.07) is 21.9. The molecule has 2 heterocycles. The molecule has 0 bridgehead atoms. The Hall–Kier alpha value is -4.47. The van der Waals surface area contributed by atoms with Gasteiger partial charge in [-0.05, 0) is 53.9 Å². The summed E-state index contributed by atoms with van der Waals surface area (Å²) in [6.45, 7) is 0.193. The molecular formula is C29H26F3N3O4. The van der Waals surface area contributed by atoms with Crippen LogP contribution in [0.3, 0.4) is 0 Å². The van der Waals surface area contributed by atoms with Crippen molar-refractivity contribution >= 4 is 22.7 Å². The van der Waals surface area contributed by atoms with Crippen molar-refractivity contribution in [2.45, 2.75) is 25.4 Å². The Morgan fingerprint density at radius 3 is 2.49 bits per heavy atom. The minimum atomic E-state index is -4.82. The fourth-order valence-electron chi connectivity index (χ4n) is 4.87. The van der Waals surface area contributed by atoms with Gasteiger partial charge in [0.15, 0.2) is 0 Å². The molecule has 10 heteroatoms. The van der Waals surface area contributed by atoms with E-state index in [0.717, 1.165) is 16.5 Å². The Morgan fingerprint density at radius 2 is 1.74 bits per heavy atom. The number of methoxy groups -OCH3 is 1. The molecule has 1 aromatic heterocycles. The standard InChI is InChI=1S/C29H26F3N3O4/c1-38-23-10-11-25-21(14-23)15-26(33-25)28(37)34-17-22(12-19-6-3-2-4-7-19)35(27(36)18-34)16-20-8-5-9-24(13-20)39-29(30,31)32/h2-11,13-15,22,33H,12,16-18H2,1H3/t22-/m0/s1. The zero-order valence-electron chi connectivity index (χ0n) is 21.1. The van der Waals surface area contributed by atoms with Crippen LogP contribution in [-0.2, 0) is 17.8 Å². The second kappa shape index (κ2) is 10.7. The molecule has 3 aromatic carbocycles. The number of carbonyl (C=O) groups is 2. The Balaban J connectivity index is 1.39. The molecule has 1 aliphatic rings. The van der Waals surface area contributed by atoms with Crippen LogP contribution in [0, 0.1) is 0 Å². The number of benzene rings is 3. The summed E-state index contributed by atoms with van der Waals surface area (Å²) in [5.74, 6) is -0.291. The number of nitrogens with one attached hydrogen (secondary N) is 1. The lowest BCUT2D eigenvalue weighted by Crippen LogP contribution is -2.58. The van der Waals surface area contributed by atoms with Gasteiger partial charge in [-0.2, -0.15) is 0 Å². The zero-order chi connectivity index (χ0) is 27.6. The Kier molecular flexibility index (Phi) is 7.19. The highest BCUT2D eigenvalue weighted by Crippen LogP contribution is 2.27. The van der Waals surface area contributed by atoms with Crippen molar-refractivity contribution in [2.75, 3.05) is 20.2 Å². The Morgan fingerprint density at radius 1 is 0.974 bits per heavy atom. The van der Waals surface area contributed by atoms with Crippen LogP contribution in [-0.4, -0.2) is 59.2 Å². The highest BCUT2D eigenvalue weighted by Gasteiger charge is 2.36. The number of aromatic nitrogens is 1. The average Bonchev–Trinajstić information content (AvgIpc) is 3.33. The van der Waals surface area contributed by atoms with Gasteiger partial charge >= 0.3 is 6.36 Å². The van der Waals surface area contributed by atoms with Crippen molar-refractivity contribution in [2.24, 2.45) is 0 Å². The molecule has 4 aromatic rings. The molecule has 39 heavy (non-hydrogen) atoms. The Bertz CT molecular complexity index is 1490. The molecule has 202 valence electrons. The first-order valence-electron chi connectivity index (χ1n) is 12.3. The number of H-pyrrole nitrogens is 1. The number of hydrogen-bond acceptors (Lipinski definition) is 4. The predicted octanol–water partition coefficient (Wildman–Crippen LogP) is 5.17. The number of rotatable bonds is 7. The van der Waals surface area contributed by atoms with Crippen LogP contribution >= 0.6 is 0 Å². The monoisotopic (exact) mass is 537 g/mol. The van der Waals surface area contributed by atoms with E-state index in [1.165, 1.54) is 23.1 Å². The second-order valence-electron chi connectivity index (χ2n) is 9.38. The highest BCUT2D eigenvalue weighted by molar-refractivity contribution is 6.00. The summed E-state index contributed by atoms with van der Waals surface area (Å²) >= 11 is 0. The van der Waals surface area contributed by atoms with E-state index in [2.05, 4.69) is 9.72 Å². The number of hydrogen-bond donors (Lipinski definition) is 1. The van der Waals surface area contributed by atoms with Gasteiger partial charge in [-0.15, -0.1) is 13.2 Å². The number of aromatic amines is 1.